The van der Waals surface area contributed by atoms with E-state index in [0.29, 0.717) is 17.7 Å². The number of hydrazine groups is 1. The van der Waals surface area contributed by atoms with Crippen LogP contribution in [0.4, 0.5) is 17.6 Å². The highest BCUT2D eigenvalue weighted by molar-refractivity contribution is 6.31. The van der Waals surface area contributed by atoms with E-state index in [1.807, 2.05) is 0 Å². The third-order valence-electron chi connectivity index (χ3n) is 3.05. The third kappa shape index (κ3) is 3.34. The Labute approximate surface area is 123 Å². The van der Waals surface area contributed by atoms with Crippen LogP contribution in [0.15, 0.2) is 30.3 Å². The molecule has 0 fully saturated rings. The maximum atomic E-state index is 13.7. The normalized spacial score (nSPS) is 12.5. The van der Waals surface area contributed by atoms with Gasteiger partial charge in [-0.25, -0.2) is 17.6 Å². The number of hydrogen-bond acceptors (Lipinski definition) is 2. The van der Waals surface area contributed by atoms with Crippen LogP contribution in [0.1, 0.15) is 17.2 Å². The Hall–Kier alpha value is -1.63. The standard InChI is InChI=1S/C14H11ClF4N2/c15-14-7(2-1-3-9(14)17)4-12(21-20)13-10(18)5-8(16)6-11(13)19/h1-3,5-6,12,21H,4,20H2. The highest BCUT2D eigenvalue weighted by atomic mass is 35.5. The van der Waals surface area contributed by atoms with Crippen molar-refractivity contribution in [2.75, 3.05) is 0 Å². The van der Waals surface area contributed by atoms with Crippen LogP contribution in [0.5, 0.6) is 0 Å². The smallest absolute Gasteiger partial charge is 0.142 e. The van der Waals surface area contributed by atoms with E-state index in [1.165, 1.54) is 12.1 Å². The lowest BCUT2D eigenvalue weighted by molar-refractivity contribution is 0.461. The van der Waals surface area contributed by atoms with Gasteiger partial charge in [-0.1, -0.05) is 23.7 Å². The summed E-state index contributed by atoms with van der Waals surface area (Å²) in [6, 6.07) is 4.17. The summed E-state index contributed by atoms with van der Waals surface area (Å²) in [7, 11) is 0. The molecule has 0 aliphatic heterocycles. The van der Waals surface area contributed by atoms with Crippen molar-refractivity contribution < 1.29 is 17.6 Å². The van der Waals surface area contributed by atoms with Crippen molar-refractivity contribution in [2.45, 2.75) is 12.5 Å². The molecule has 0 aromatic heterocycles. The molecule has 1 unspecified atom stereocenters. The molecule has 2 rings (SSSR count). The van der Waals surface area contributed by atoms with Gasteiger partial charge in [0.05, 0.1) is 11.1 Å². The molecule has 0 bridgehead atoms. The maximum Gasteiger partial charge on any atom is 0.142 e. The van der Waals surface area contributed by atoms with Gasteiger partial charge in [0.25, 0.3) is 0 Å². The molecule has 0 aliphatic carbocycles. The van der Waals surface area contributed by atoms with Gasteiger partial charge in [0.2, 0.25) is 0 Å². The van der Waals surface area contributed by atoms with Crippen LogP contribution in [0.3, 0.4) is 0 Å². The molecule has 7 heteroatoms. The summed E-state index contributed by atoms with van der Waals surface area (Å²) in [6.07, 6.45) is -0.0629. The largest absolute Gasteiger partial charge is 0.271 e. The molecule has 0 spiro atoms. The SMILES string of the molecule is NNC(Cc1cccc(F)c1Cl)c1c(F)cc(F)cc1F. The van der Waals surface area contributed by atoms with E-state index in [4.69, 9.17) is 17.4 Å². The Morgan fingerprint density at radius 2 is 1.67 bits per heavy atom. The van der Waals surface area contributed by atoms with Crippen LogP contribution in [-0.4, -0.2) is 0 Å². The molecule has 0 aliphatic rings. The van der Waals surface area contributed by atoms with Gasteiger partial charge in [0, 0.05) is 17.7 Å². The summed E-state index contributed by atoms with van der Waals surface area (Å²) in [4.78, 5) is 0. The molecule has 2 aromatic carbocycles. The van der Waals surface area contributed by atoms with Crippen molar-refractivity contribution in [1.29, 1.82) is 0 Å². The first-order valence-corrected chi connectivity index (χ1v) is 6.35. The summed E-state index contributed by atoms with van der Waals surface area (Å²) < 4.78 is 53.8. The molecule has 21 heavy (non-hydrogen) atoms. The Morgan fingerprint density at radius 1 is 1.05 bits per heavy atom. The number of nitrogens with two attached hydrogens (primary N) is 1. The quantitative estimate of drug-likeness (QED) is 0.513. The molecular weight excluding hydrogens is 308 g/mol. The van der Waals surface area contributed by atoms with Gasteiger partial charge >= 0.3 is 0 Å². The van der Waals surface area contributed by atoms with Crippen LogP contribution in [0, 0.1) is 23.3 Å². The van der Waals surface area contributed by atoms with Crippen LogP contribution in [0.2, 0.25) is 5.02 Å². The zero-order valence-corrected chi connectivity index (χ0v) is 11.4. The first kappa shape index (κ1) is 15.8. The minimum absolute atomic E-state index is 0.0629. The average molecular weight is 319 g/mol. The van der Waals surface area contributed by atoms with E-state index in [-0.39, 0.29) is 11.4 Å². The minimum Gasteiger partial charge on any atom is -0.271 e. The van der Waals surface area contributed by atoms with Crippen molar-refractivity contribution in [3.63, 3.8) is 0 Å². The summed E-state index contributed by atoms with van der Waals surface area (Å²) in [5, 5.41) is -0.152. The number of benzene rings is 2. The fraction of sp³-hybridized carbons (Fsp3) is 0.143. The van der Waals surface area contributed by atoms with Crippen LogP contribution in [-0.2, 0) is 6.42 Å². The van der Waals surface area contributed by atoms with Gasteiger partial charge < -0.3 is 0 Å². The molecule has 0 saturated heterocycles. The summed E-state index contributed by atoms with van der Waals surface area (Å²) in [5.74, 6) is 1.46. The molecule has 1 atom stereocenters. The van der Waals surface area contributed by atoms with Gasteiger partial charge in [-0.05, 0) is 18.1 Å². The highest BCUT2D eigenvalue weighted by Gasteiger charge is 2.22. The van der Waals surface area contributed by atoms with Gasteiger partial charge in [0.15, 0.2) is 0 Å². The molecule has 0 amide bonds. The van der Waals surface area contributed by atoms with Crippen molar-refractivity contribution in [3.05, 3.63) is 69.8 Å². The lowest BCUT2D eigenvalue weighted by Crippen LogP contribution is -2.31. The predicted octanol–water partition coefficient (Wildman–Crippen LogP) is 3.64. The zero-order chi connectivity index (χ0) is 15.6. The number of nitrogens with one attached hydrogen (secondary N) is 1. The lowest BCUT2D eigenvalue weighted by Gasteiger charge is -2.18. The van der Waals surface area contributed by atoms with Crippen LogP contribution >= 0.6 is 11.6 Å². The van der Waals surface area contributed by atoms with E-state index >= 15 is 0 Å². The summed E-state index contributed by atoms with van der Waals surface area (Å²) in [5.41, 5.74) is 2.12. The Morgan fingerprint density at radius 3 is 2.24 bits per heavy atom. The Kier molecular flexibility index (Phi) is 4.82. The Balaban J connectivity index is 2.39. The zero-order valence-electron chi connectivity index (χ0n) is 10.6. The fourth-order valence-corrected chi connectivity index (χ4v) is 2.26. The topological polar surface area (TPSA) is 38.0 Å². The maximum absolute atomic E-state index is 13.7. The van der Waals surface area contributed by atoms with Crippen LogP contribution in [0.25, 0.3) is 0 Å². The minimum atomic E-state index is -1.08. The second kappa shape index (κ2) is 6.43. The predicted molar refractivity (Wildman–Crippen MR) is 71.5 cm³/mol. The van der Waals surface area contributed by atoms with E-state index in [9.17, 15) is 17.6 Å². The van der Waals surface area contributed by atoms with E-state index in [0.717, 1.165) is 6.07 Å². The number of hydrogen-bond donors (Lipinski definition) is 2. The molecule has 0 saturated carbocycles. The monoisotopic (exact) mass is 318 g/mol. The van der Waals surface area contributed by atoms with Crippen LogP contribution < -0.4 is 11.3 Å². The van der Waals surface area contributed by atoms with Crippen molar-refractivity contribution in [3.8, 4) is 0 Å². The summed E-state index contributed by atoms with van der Waals surface area (Å²) in [6.45, 7) is 0. The average Bonchev–Trinajstić information content (AvgIpc) is 2.41. The third-order valence-corrected chi connectivity index (χ3v) is 3.47. The lowest BCUT2D eigenvalue weighted by atomic mass is 9.98. The fourth-order valence-electron chi connectivity index (χ4n) is 2.06. The first-order chi connectivity index (χ1) is 9.93. The molecule has 0 radical (unpaired) electrons. The van der Waals surface area contributed by atoms with Crippen molar-refractivity contribution in [2.24, 2.45) is 5.84 Å². The summed E-state index contributed by atoms with van der Waals surface area (Å²) >= 11 is 5.80. The van der Waals surface area contributed by atoms with Crippen molar-refractivity contribution >= 4 is 11.6 Å². The molecule has 2 nitrogen and oxygen atoms in total. The second-order valence-corrected chi connectivity index (χ2v) is 4.80. The second-order valence-electron chi connectivity index (χ2n) is 4.42. The molecule has 112 valence electrons. The van der Waals surface area contributed by atoms with E-state index in [2.05, 4.69) is 5.43 Å². The molecule has 3 N–H and O–H groups in total. The van der Waals surface area contributed by atoms with E-state index < -0.39 is 34.9 Å². The Bertz CT molecular complexity index is 640. The highest BCUT2D eigenvalue weighted by Crippen LogP contribution is 2.28. The number of rotatable bonds is 4. The van der Waals surface area contributed by atoms with Gasteiger partial charge in [0.1, 0.15) is 23.3 Å². The molecular formula is C14H11ClF4N2. The molecule has 2 aromatic rings. The van der Waals surface area contributed by atoms with Gasteiger partial charge in [-0.3, -0.25) is 11.3 Å². The number of halogens is 5. The van der Waals surface area contributed by atoms with Gasteiger partial charge in [-0.2, -0.15) is 0 Å². The van der Waals surface area contributed by atoms with E-state index in [1.54, 1.807) is 0 Å². The van der Waals surface area contributed by atoms with Crippen molar-refractivity contribution in [1.82, 2.24) is 5.43 Å². The first-order valence-electron chi connectivity index (χ1n) is 5.97. The van der Waals surface area contributed by atoms with Gasteiger partial charge in [-0.15, -0.1) is 0 Å². The molecule has 0 heterocycles.